The molecule has 2 heterocycles. The summed E-state index contributed by atoms with van der Waals surface area (Å²) >= 11 is 6.01. The molecule has 1 N–H and O–H groups in total. The van der Waals surface area contributed by atoms with Crippen LogP contribution in [0, 0.1) is 12.7 Å². The van der Waals surface area contributed by atoms with Crippen LogP contribution < -0.4 is 10.2 Å². The Kier molecular flexibility index (Phi) is 5.93. The van der Waals surface area contributed by atoms with Crippen LogP contribution in [0.5, 0.6) is 0 Å². The molecule has 5 nitrogen and oxygen atoms in total. The zero-order valence-electron chi connectivity index (χ0n) is 14.7. The van der Waals surface area contributed by atoms with Crippen molar-refractivity contribution in [1.82, 2.24) is 15.2 Å². The van der Waals surface area contributed by atoms with Gasteiger partial charge in [-0.25, -0.2) is 9.18 Å². The standard InChI is InChI=1S/C19H22ClFN4O/c1-14-12-22-7-6-18(14)24-8-3-9-25(11-10-24)19(26)23-13-15-16(20)4-2-5-17(15)21/h2,4-7,12H,3,8-11,13H2,1H3,(H,23,26). The first-order valence-electron chi connectivity index (χ1n) is 8.67. The number of urea groups is 1. The quantitative estimate of drug-likeness (QED) is 0.890. The van der Waals surface area contributed by atoms with Gasteiger partial charge in [-0.05, 0) is 37.1 Å². The van der Waals surface area contributed by atoms with Gasteiger partial charge in [0.05, 0.1) is 0 Å². The fourth-order valence-electron chi connectivity index (χ4n) is 3.16. The maximum Gasteiger partial charge on any atom is 0.317 e. The summed E-state index contributed by atoms with van der Waals surface area (Å²) in [6, 6.07) is 6.32. The molecular weight excluding hydrogens is 355 g/mol. The molecule has 0 spiro atoms. The Bertz CT molecular complexity index is 766. The van der Waals surface area contributed by atoms with Gasteiger partial charge in [0.1, 0.15) is 5.82 Å². The number of anilines is 1. The average Bonchev–Trinajstić information content (AvgIpc) is 2.88. The van der Waals surface area contributed by atoms with E-state index in [0.29, 0.717) is 23.7 Å². The molecule has 1 aromatic carbocycles. The van der Waals surface area contributed by atoms with Crippen molar-refractivity contribution in [3.8, 4) is 0 Å². The number of rotatable bonds is 3. The lowest BCUT2D eigenvalue weighted by molar-refractivity contribution is 0.201. The summed E-state index contributed by atoms with van der Waals surface area (Å²) in [7, 11) is 0. The average molecular weight is 377 g/mol. The van der Waals surface area contributed by atoms with E-state index in [4.69, 9.17) is 11.6 Å². The summed E-state index contributed by atoms with van der Waals surface area (Å²) < 4.78 is 13.8. The Balaban J connectivity index is 1.59. The number of hydrogen-bond acceptors (Lipinski definition) is 3. The highest BCUT2D eigenvalue weighted by atomic mass is 35.5. The van der Waals surface area contributed by atoms with Gasteiger partial charge in [0, 0.05) is 61.4 Å². The number of amides is 2. The number of carbonyl (C=O) groups excluding carboxylic acids is 1. The monoisotopic (exact) mass is 376 g/mol. The van der Waals surface area contributed by atoms with Crippen LogP contribution in [-0.4, -0.2) is 42.1 Å². The van der Waals surface area contributed by atoms with Gasteiger partial charge < -0.3 is 15.1 Å². The first-order valence-corrected chi connectivity index (χ1v) is 9.05. The third kappa shape index (κ3) is 4.25. The van der Waals surface area contributed by atoms with Gasteiger partial charge in [-0.3, -0.25) is 4.98 Å². The summed E-state index contributed by atoms with van der Waals surface area (Å²) in [6.07, 6.45) is 4.51. The van der Waals surface area contributed by atoms with Crippen LogP contribution in [0.2, 0.25) is 5.02 Å². The van der Waals surface area contributed by atoms with E-state index in [1.807, 2.05) is 19.2 Å². The third-order valence-electron chi connectivity index (χ3n) is 4.59. The van der Waals surface area contributed by atoms with Crippen LogP contribution in [0.3, 0.4) is 0 Å². The van der Waals surface area contributed by atoms with Crippen LogP contribution >= 0.6 is 11.6 Å². The molecule has 7 heteroatoms. The van der Waals surface area contributed by atoms with Crippen LogP contribution in [0.15, 0.2) is 36.7 Å². The van der Waals surface area contributed by atoms with Crippen LogP contribution in [-0.2, 0) is 6.54 Å². The SMILES string of the molecule is Cc1cnccc1N1CCCN(C(=O)NCc2c(F)cccc2Cl)CC1. The molecule has 1 saturated heterocycles. The Morgan fingerprint density at radius 3 is 2.88 bits per heavy atom. The summed E-state index contributed by atoms with van der Waals surface area (Å²) in [6.45, 7) is 5.02. The molecule has 0 unspecified atom stereocenters. The van der Waals surface area contributed by atoms with E-state index in [2.05, 4.69) is 15.2 Å². The molecule has 3 rings (SSSR count). The molecule has 1 aliphatic heterocycles. The number of aryl methyl sites for hydroxylation is 1. The molecule has 1 aliphatic rings. The van der Waals surface area contributed by atoms with E-state index in [1.54, 1.807) is 23.2 Å². The molecule has 0 atom stereocenters. The number of nitrogens with zero attached hydrogens (tertiary/aromatic N) is 3. The summed E-state index contributed by atoms with van der Waals surface area (Å²) in [5, 5.41) is 3.10. The van der Waals surface area contributed by atoms with Crippen molar-refractivity contribution >= 4 is 23.3 Å². The highest BCUT2D eigenvalue weighted by Crippen LogP contribution is 2.21. The van der Waals surface area contributed by atoms with Gasteiger partial charge in [0.2, 0.25) is 0 Å². The first kappa shape index (κ1) is 18.5. The van der Waals surface area contributed by atoms with Crippen LogP contribution in [0.4, 0.5) is 14.9 Å². The lowest BCUT2D eigenvalue weighted by Gasteiger charge is -2.25. The van der Waals surface area contributed by atoms with Crippen molar-refractivity contribution < 1.29 is 9.18 Å². The van der Waals surface area contributed by atoms with Gasteiger partial charge in [-0.2, -0.15) is 0 Å². The maximum absolute atomic E-state index is 13.8. The molecular formula is C19H22ClFN4O. The van der Waals surface area contributed by atoms with Crippen molar-refractivity contribution in [1.29, 1.82) is 0 Å². The number of benzene rings is 1. The number of aromatic nitrogens is 1. The molecule has 0 bridgehead atoms. The number of halogens is 2. The Morgan fingerprint density at radius 1 is 1.27 bits per heavy atom. The Labute approximate surface area is 157 Å². The smallest absolute Gasteiger partial charge is 0.317 e. The van der Waals surface area contributed by atoms with Gasteiger partial charge in [-0.1, -0.05) is 17.7 Å². The van der Waals surface area contributed by atoms with E-state index >= 15 is 0 Å². The van der Waals surface area contributed by atoms with E-state index in [0.717, 1.165) is 30.8 Å². The number of nitrogens with one attached hydrogen (secondary N) is 1. The van der Waals surface area contributed by atoms with Crippen molar-refractivity contribution in [2.75, 3.05) is 31.1 Å². The van der Waals surface area contributed by atoms with Crippen LogP contribution in [0.25, 0.3) is 0 Å². The van der Waals surface area contributed by atoms with E-state index in [1.165, 1.54) is 6.07 Å². The molecule has 2 aromatic rings. The largest absolute Gasteiger partial charge is 0.369 e. The number of pyridine rings is 1. The lowest BCUT2D eigenvalue weighted by atomic mass is 10.2. The molecule has 0 aliphatic carbocycles. The minimum atomic E-state index is -0.409. The topological polar surface area (TPSA) is 48.5 Å². The predicted molar refractivity (Wildman–Crippen MR) is 101 cm³/mol. The minimum absolute atomic E-state index is 0.0774. The summed E-state index contributed by atoms with van der Waals surface area (Å²) in [5.41, 5.74) is 2.59. The molecule has 0 saturated carbocycles. The van der Waals surface area contributed by atoms with Crippen molar-refractivity contribution in [2.24, 2.45) is 0 Å². The van der Waals surface area contributed by atoms with Gasteiger partial charge in [0.15, 0.2) is 0 Å². The highest BCUT2D eigenvalue weighted by molar-refractivity contribution is 6.31. The lowest BCUT2D eigenvalue weighted by Crippen LogP contribution is -2.42. The summed E-state index contributed by atoms with van der Waals surface area (Å²) in [5.74, 6) is -0.409. The zero-order chi connectivity index (χ0) is 18.5. The molecule has 2 amide bonds. The normalized spacial score (nSPS) is 14.9. The molecule has 26 heavy (non-hydrogen) atoms. The van der Waals surface area contributed by atoms with E-state index < -0.39 is 5.82 Å². The predicted octanol–water partition coefficient (Wildman–Crippen LogP) is 3.60. The third-order valence-corrected chi connectivity index (χ3v) is 4.95. The summed E-state index contributed by atoms with van der Waals surface area (Å²) in [4.78, 5) is 20.7. The van der Waals surface area contributed by atoms with Gasteiger partial charge in [-0.15, -0.1) is 0 Å². The van der Waals surface area contributed by atoms with Crippen LogP contribution in [0.1, 0.15) is 17.5 Å². The molecule has 138 valence electrons. The second kappa shape index (κ2) is 8.36. The van der Waals surface area contributed by atoms with E-state index in [9.17, 15) is 9.18 Å². The second-order valence-electron chi connectivity index (χ2n) is 6.35. The second-order valence-corrected chi connectivity index (χ2v) is 6.76. The molecule has 1 fully saturated rings. The highest BCUT2D eigenvalue weighted by Gasteiger charge is 2.20. The van der Waals surface area contributed by atoms with Gasteiger partial charge in [0.25, 0.3) is 0 Å². The van der Waals surface area contributed by atoms with Crippen molar-refractivity contribution in [2.45, 2.75) is 19.9 Å². The fraction of sp³-hybridized carbons (Fsp3) is 0.368. The van der Waals surface area contributed by atoms with Crippen molar-refractivity contribution in [3.63, 3.8) is 0 Å². The molecule has 0 radical (unpaired) electrons. The maximum atomic E-state index is 13.8. The first-order chi connectivity index (χ1) is 12.6. The number of carbonyl (C=O) groups is 1. The zero-order valence-corrected chi connectivity index (χ0v) is 15.5. The molecule has 1 aromatic heterocycles. The fourth-order valence-corrected chi connectivity index (χ4v) is 3.39. The Hall–Kier alpha value is -2.34. The van der Waals surface area contributed by atoms with Crippen molar-refractivity contribution in [3.05, 3.63) is 58.6 Å². The Morgan fingerprint density at radius 2 is 2.12 bits per heavy atom. The van der Waals surface area contributed by atoms with E-state index in [-0.39, 0.29) is 12.6 Å². The minimum Gasteiger partial charge on any atom is -0.369 e. The number of hydrogen-bond donors (Lipinski definition) is 1. The van der Waals surface area contributed by atoms with Gasteiger partial charge >= 0.3 is 6.03 Å².